The first-order chi connectivity index (χ1) is 18.3. The second-order valence-corrected chi connectivity index (χ2v) is 9.77. The third-order valence-electron chi connectivity index (χ3n) is 7.31. The van der Waals surface area contributed by atoms with E-state index < -0.39 is 0 Å². The fraction of sp³-hybridized carbons (Fsp3) is 0.188. The van der Waals surface area contributed by atoms with Gasteiger partial charge in [-0.1, -0.05) is 67.0 Å². The summed E-state index contributed by atoms with van der Waals surface area (Å²) in [5, 5.41) is 11.8. The monoisotopic (exact) mass is 676 g/mol. The number of anilines is 2. The Bertz CT molecular complexity index is 1510. The van der Waals surface area contributed by atoms with Gasteiger partial charge >= 0.3 is 21.1 Å². The maximum Gasteiger partial charge on any atom is 2.00 e. The summed E-state index contributed by atoms with van der Waals surface area (Å²) in [6, 6.07) is 36.9. The Morgan fingerprint density at radius 3 is 1.61 bits per heavy atom. The average Bonchev–Trinajstić information content (AvgIpc) is 3.59. The van der Waals surface area contributed by atoms with Crippen molar-refractivity contribution < 1.29 is 21.1 Å². The van der Waals surface area contributed by atoms with Crippen molar-refractivity contribution in [2.24, 2.45) is 0 Å². The zero-order chi connectivity index (χ0) is 24.6. The fourth-order valence-corrected chi connectivity index (χ4v) is 5.48. The summed E-state index contributed by atoms with van der Waals surface area (Å²) in [6.07, 6.45) is 10.3. The standard InChI is InChI=1S/C32H27N5.Pt/c1-2-12-26(13-3-1)37(29-16-8-14-27(20-29)35-22-24-10-4-6-18-31(24)33-35)30-17-9-15-28(21-30)36-23-25-11-5-7-19-32(25)34-36;/h4-11,14-19,22-23,26H,1-3,12-13H2;/q-2;+2. The van der Waals surface area contributed by atoms with Gasteiger partial charge in [-0.2, -0.15) is 22.3 Å². The van der Waals surface area contributed by atoms with Gasteiger partial charge in [-0.15, -0.1) is 36.4 Å². The Labute approximate surface area is 237 Å². The summed E-state index contributed by atoms with van der Waals surface area (Å²) in [4.78, 5) is 2.43. The fourth-order valence-electron chi connectivity index (χ4n) is 5.48. The minimum absolute atomic E-state index is 0. The van der Waals surface area contributed by atoms with Crippen LogP contribution in [-0.4, -0.2) is 25.6 Å². The maximum absolute atomic E-state index is 4.79. The number of hydrogen-bond donors (Lipinski definition) is 0. The summed E-state index contributed by atoms with van der Waals surface area (Å²) < 4.78 is 3.87. The van der Waals surface area contributed by atoms with E-state index in [0.29, 0.717) is 6.04 Å². The van der Waals surface area contributed by atoms with E-state index in [1.165, 1.54) is 19.3 Å². The molecule has 0 saturated heterocycles. The van der Waals surface area contributed by atoms with Crippen molar-refractivity contribution in [3.8, 4) is 11.4 Å². The Balaban J connectivity index is 0.00000264. The van der Waals surface area contributed by atoms with Crippen LogP contribution in [0.25, 0.3) is 33.2 Å². The van der Waals surface area contributed by atoms with Gasteiger partial charge in [0.05, 0.1) is 11.0 Å². The van der Waals surface area contributed by atoms with Crippen LogP contribution >= 0.6 is 0 Å². The molecule has 1 saturated carbocycles. The summed E-state index contributed by atoms with van der Waals surface area (Å²) in [5.74, 6) is 0. The van der Waals surface area contributed by atoms with E-state index in [0.717, 1.165) is 57.4 Å². The number of nitrogens with zero attached hydrogens (tertiary/aromatic N) is 5. The second-order valence-electron chi connectivity index (χ2n) is 9.77. The molecule has 0 N–H and O–H groups in total. The molecule has 6 aromatic rings. The molecular formula is C32H27N5Pt. The van der Waals surface area contributed by atoms with Gasteiger partial charge in [-0.05, 0) is 36.3 Å². The van der Waals surface area contributed by atoms with Crippen molar-refractivity contribution in [2.45, 2.75) is 38.1 Å². The van der Waals surface area contributed by atoms with Gasteiger partial charge in [0.2, 0.25) is 0 Å². The first-order valence-corrected chi connectivity index (χ1v) is 13.1. The Morgan fingerprint density at radius 1 is 0.605 bits per heavy atom. The van der Waals surface area contributed by atoms with Gasteiger partial charge in [-0.25, -0.2) is 0 Å². The number of hydrogen-bond acceptors (Lipinski definition) is 3. The van der Waals surface area contributed by atoms with Crippen LogP contribution in [0.2, 0.25) is 0 Å². The first-order valence-electron chi connectivity index (χ1n) is 13.1. The molecule has 0 amide bonds. The van der Waals surface area contributed by atoms with Gasteiger partial charge < -0.3 is 4.90 Å². The largest absolute Gasteiger partial charge is 2.00 e. The van der Waals surface area contributed by atoms with Crippen molar-refractivity contribution in [1.82, 2.24) is 19.6 Å². The van der Waals surface area contributed by atoms with E-state index >= 15 is 0 Å². The van der Waals surface area contributed by atoms with Gasteiger partial charge in [-0.3, -0.25) is 9.36 Å². The van der Waals surface area contributed by atoms with E-state index in [2.05, 4.69) is 78.0 Å². The molecule has 0 spiro atoms. The van der Waals surface area contributed by atoms with Crippen molar-refractivity contribution >= 4 is 33.2 Å². The van der Waals surface area contributed by atoms with E-state index in [4.69, 9.17) is 10.2 Å². The maximum atomic E-state index is 4.79. The molecule has 2 heterocycles. The third-order valence-corrected chi connectivity index (χ3v) is 7.31. The molecule has 1 aliphatic carbocycles. The van der Waals surface area contributed by atoms with Gasteiger partial charge in [0.15, 0.2) is 0 Å². The van der Waals surface area contributed by atoms with Crippen LogP contribution in [0.3, 0.4) is 0 Å². The van der Waals surface area contributed by atoms with Crippen LogP contribution in [-0.2, 0) is 21.1 Å². The normalized spacial score (nSPS) is 14.0. The van der Waals surface area contributed by atoms with Crippen LogP contribution in [0.1, 0.15) is 32.1 Å². The topological polar surface area (TPSA) is 38.9 Å². The molecule has 1 fully saturated rings. The Kier molecular flexibility index (Phi) is 6.86. The van der Waals surface area contributed by atoms with Crippen LogP contribution in [0.5, 0.6) is 0 Å². The zero-order valence-electron chi connectivity index (χ0n) is 20.9. The number of benzene rings is 4. The van der Waals surface area contributed by atoms with Crippen LogP contribution in [0, 0.1) is 12.1 Å². The van der Waals surface area contributed by atoms with Crippen molar-refractivity contribution in [3.63, 3.8) is 0 Å². The molecule has 0 bridgehead atoms. The van der Waals surface area contributed by atoms with E-state index in [1.807, 2.05) is 45.8 Å². The van der Waals surface area contributed by atoms with Crippen molar-refractivity contribution in [2.75, 3.05) is 4.90 Å². The summed E-state index contributed by atoms with van der Waals surface area (Å²) in [7, 11) is 0. The van der Waals surface area contributed by atoms with Crippen molar-refractivity contribution in [1.29, 1.82) is 0 Å². The predicted molar refractivity (Wildman–Crippen MR) is 149 cm³/mol. The van der Waals surface area contributed by atoms with E-state index in [9.17, 15) is 0 Å². The van der Waals surface area contributed by atoms with Crippen LogP contribution in [0.15, 0.2) is 97.3 Å². The minimum atomic E-state index is 0. The second kappa shape index (κ2) is 10.6. The Hall–Kier alpha value is -3.69. The van der Waals surface area contributed by atoms with Crippen molar-refractivity contribution in [3.05, 3.63) is 109 Å². The SMILES string of the molecule is [Pt+2].[c-]1c(N(c2[c-]c(-n3cc4ccccc4n3)ccc2)C2CCCCC2)cccc1-n1cc2ccccc2n1. The molecule has 38 heavy (non-hydrogen) atoms. The molecular weight excluding hydrogens is 649 g/mol. The molecule has 5 nitrogen and oxygen atoms in total. The van der Waals surface area contributed by atoms with E-state index in [-0.39, 0.29) is 21.1 Å². The molecule has 0 atom stereocenters. The smallest absolute Gasteiger partial charge is 0.385 e. The average molecular weight is 677 g/mol. The molecule has 0 radical (unpaired) electrons. The minimum Gasteiger partial charge on any atom is -0.385 e. The zero-order valence-corrected chi connectivity index (χ0v) is 23.2. The first kappa shape index (κ1) is 24.6. The Morgan fingerprint density at radius 2 is 1.11 bits per heavy atom. The predicted octanol–water partition coefficient (Wildman–Crippen LogP) is 7.43. The summed E-state index contributed by atoms with van der Waals surface area (Å²) in [5.41, 5.74) is 5.93. The van der Waals surface area contributed by atoms with Crippen LogP contribution < -0.4 is 4.90 Å². The summed E-state index contributed by atoms with van der Waals surface area (Å²) >= 11 is 0. The molecule has 1 aliphatic rings. The molecule has 0 aliphatic heterocycles. The van der Waals surface area contributed by atoms with Gasteiger partial charge in [0.1, 0.15) is 0 Å². The molecule has 7 rings (SSSR count). The number of rotatable bonds is 5. The van der Waals surface area contributed by atoms with Crippen LogP contribution in [0.4, 0.5) is 11.4 Å². The molecule has 6 heteroatoms. The number of fused-ring (bicyclic) bond motifs is 2. The van der Waals surface area contributed by atoms with Gasteiger partial charge in [0.25, 0.3) is 0 Å². The third kappa shape index (κ3) is 4.67. The quantitative estimate of drug-likeness (QED) is 0.178. The summed E-state index contributed by atoms with van der Waals surface area (Å²) in [6.45, 7) is 0. The van der Waals surface area contributed by atoms with Gasteiger partial charge in [0, 0.05) is 29.2 Å². The van der Waals surface area contributed by atoms with E-state index in [1.54, 1.807) is 0 Å². The molecule has 190 valence electrons. The molecule has 2 aromatic heterocycles. The molecule has 4 aromatic carbocycles. The molecule has 0 unspecified atom stereocenters. The number of aromatic nitrogens is 4.